The summed E-state index contributed by atoms with van der Waals surface area (Å²) in [6.45, 7) is 1.43. The average Bonchev–Trinajstić information content (AvgIpc) is 2.29. The molecule has 0 aliphatic heterocycles. The standard InChI is InChI=1S/C11H12BrNO4/c1-7(13(14)15)4-8-5-9(12)11(17-3)6-10(8)16-2/h4-6H,1-3H3/b7-4-. The Morgan fingerprint density at radius 2 is 1.94 bits per heavy atom. The lowest BCUT2D eigenvalue weighted by atomic mass is 10.1. The molecule has 6 heteroatoms. The first kappa shape index (κ1) is 13.5. The second-order valence-corrected chi connectivity index (χ2v) is 4.13. The lowest BCUT2D eigenvalue weighted by molar-refractivity contribution is -0.422. The number of methoxy groups -OCH3 is 2. The monoisotopic (exact) mass is 301 g/mol. The van der Waals surface area contributed by atoms with Crippen LogP contribution in [0.3, 0.4) is 0 Å². The molecule has 0 N–H and O–H groups in total. The van der Waals surface area contributed by atoms with E-state index in [0.29, 0.717) is 21.5 Å². The van der Waals surface area contributed by atoms with Crippen LogP contribution in [0.1, 0.15) is 12.5 Å². The van der Waals surface area contributed by atoms with Crippen LogP contribution in [0.5, 0.6) is 11.5 Å². The maximum absolute atomic E-state index is 10.6. The third kappa shape index (κ3) is 3.20. The highest BCUT2D eigenvalue weighted by Gasteiger charge is 2.11. The molecule has 1 aromatic rings. The van der Waals surface area contributed by atoms with Gasteiger partial charge in [0.15, 0.2) is 0 Å². The van der Waals surface area contributed by atoms with Crippen molar-refractivity contribution in [3.63, 3.8) is 0 Å². The normalized spacial score (nSPS) is 11.2. The molecule has 0 saturated carbocycles. The van der Waals surface area contributed by atoms with E-state index < -0.39 is 4.92 Å². The zero-order chi connectivity index (χ0) is 13.0. The summed E-state index contributed by atoms with van der Waals surface area (Å²) in [5.41, 5.74) is 0.662. The summed E-state index contributed by atoms with van der Waals surface area (Å²) in [5, 5.41) is 10.6. The van der Waals surface area contributed by atoms with Crippen LogP contribution in [0.4, 0.5) is 0 Å². The van der Waals surface area contributed by atoms with E-state index >= 15 is 0 Å². The van der Waals surface area contributed by atoms with Crippen LogP contribution in [-0.4, -0.2) is 19.1 Å². The quantitative estimate of drug-likeness (QED) is 0.633. The summed E-state index contributed by atoms with van der Waals surface area (Å²) in [5.74, 6) is 1.13. The molecule has 0 spiro atoms. The van der Waals surface area contributed by atoms with Gasteiger partial charge in [-0.1, -0.05) is 0 Å². The zero-order valence-corrected chi connectivity index (χ0v) is 11.3. The van der Waals surface area contributed by atoms with Gasteiger partial charge >= 0.3 is 0 Å². The molecular formula is C11H12BrNO4. The number of hydrogen-bond acceptors (Lipinski definition) is 4. The third-order valence-corrected chi connectivity index (χ3v) is 2.78. The number of halogens is 1. The fourth-order valence-corrected chi connectivity index (χ4v) is 1.80. The van der Waals surface area contributed by atoms with Crippen molar-refractivity contribution in [1.29, 1.82) is 0 Å². The van der Waals surface area contributed by atoms with E-state index in [1.807, 2.05) is 0 Å². The summed E-state index contributed by atoms with van der Waals surface area (Å²) in [7, 11) is 3.04. The maximum atomic E-state index is 10.6. The molecule has 0 saturated heterocycles. The molecule has 92 valence electrons. The van der Waals surface area contributed by atoms with Crippen molar-refractivity contribution in [2.75, 3.05) is 14.2 Å². The van der Waals surface area contributed by atoms with Gasteiger partial charge in [0.2, 0.25) is 5.70 Å². The van der Waals surface area contributed by atoms with E-state index in [9.17, 15) is 10.1 Å². The largest absolute Gasteiger partial charge is 0.496 e. The summed E-state index contributed by atoms with van der Waals surface area (Å²) in [6.07, 6.45) is 1.45. The average molecular weight is 302 g/mol. The Kier molecular flexibility index (Phi) is 4.51. The molecule has 17 heavy (non-hydrogen) atoms. The highest BCUT2D eigenvalue weighted by Crippen LogP contribution is 2.33. The van der Waals surface area contributed by atoms with Gasteiger partial charge in [-0.05, 0) is 22.0 Å². The second-order valence-electron chi connectivity index (χ2n) is 3.27. The molecule has 5 nitrogen and oxygen atoms in total. The molecule has 0 unspecified atom stereocenters. The van der Waals surface area contributed by atoms with Gasteiger partial charge in [-0.25, -0.2) is 0 Å². The summed E-state index contributed by atoms with van der Waals surface area (Å²) >= 11 is 3.32. The SMILES string of the molecule is COc1cc(OC)c(/C=C(/C)[N+](=O)[O-])cc1Br. The minimum atomic E-state index is -0.447. The molecule has 0 aliphatic rings. The first-order chi connectivity index (χ1) is 7.99. The summed E-state index contributed by atoms with van der Waals surface area (Å²) in [4.78, 5) is 10.1. The van der Waals surface area contributed by atoms with Gasteiger partial charge in [0.25, 0.3) is 0 Å². The van der Waals surface area contributed by atoms with Crippen molar-refractivity contribution in [1.82, 2.24) is 0 Å². The van der Waals surface area contributed by atoms with Gasteiger partial charge in [0.05, 0.1) is 23.6 Å². The third-order valence-electron chi connectivity index (χ3n) is 2.16. The smallest absolute Gasteiger partial charge is 0.243 e. The van der Waals surface area contributed by atoms with Gasteiger partial charge in [0, 0.05) is 24.6 Å². The molecule has 0 radical (unpaired) electrons. The van der Waals surface area contributed by atoms with Gasteiger partial charge in [-0.15, -0.1) is 0 Å². The number of nitrogens with zero attached hydrogens (tertiary/aromatic N) is 1. The van der Waals surface area contributed by atoms with Crippen LogP contribution in [0.25, 0.3) is 6.08 Å². The van der Waals surface area contributed by atoms with Crippen LogP contribution < -0.4 is 9.47 Å². The van der Waals surface area contributed by atoms with Crippen molar-refractivity contribution >= 4 is 22.0 Å². The molecular weight excluding hydrogens is 290 g/mol. The summed E-state index contributed by atoms with van der Waals surface area (Å²) < 4.78 is 11.0. The molecule has 0 fully saturated rings. The fraction of sp³-hybridized carbons (Fsp3) is 0.273. The molecule has 0 heterocycles. The number of allylic oxidation sites excluding steroid dienone is 1. The van der Waals surface area contributed by atoms with E-state index in [0.717, 1.165) is 0 Å². The highest BCUT2D eigenvalue weighted by atomic mass is 79.9. The Hall–Kier alpha value is -1.56. The molecule has 1 aromatic carbocycles. The topological polar surface area (TPSA) is 61.6 Å². The van der Waals surface area contributed by atoms with Crippen LogP contribution in [0.2, 0.25) is 0 Å². The number of hydrogen-bond donors (Lipinski definition) is 0. The Morgan fingerprint density at radius 3 is 2.41 bits per heavy atom. The molecule has 0 bridgehead atoms. The van der Waals surface area contributed by atoms with Crippen LogP contribution in [0.15, 0.2) is 22.3 Å². The first-order valence-corrected chi connectivity index (χ1v) is 5.53. The van der Waals surface area contributed by atoms with Crippen molar-refractivity contribution in [2.24, 2.45) is 0 Å². The number of ether oxygens (including phenoxy) is 2. The fourth-order valence-electron chi connectivity index (χ4n) is 1.27. The Bertz CT molecular complexity index is 471. The molecule has 0 aromatic heterocycles. The van der Waals surface area contributed by atoms with E-state index in [2.05, 4.69) is 15.9 Å². The van der Waals surface area contributed by atoms with E-state index in [1.165, 1.54) is 27.2 Å². The summed E-state index contributed by atoms with van der Waals surface area (Å²) in [6, 6.07) is 3.38. The van der Waals surface area contributed by atoms with Gasteiger partial charge in [0.1, 0.15) is 11.5 Å². The van der Waals surface area contributed by atoms with Crippen molar-refractivity contribution in [3.05, 3.63) is 38.0 Å². The van der Waals surface area contributed by atoms with E-state index in [-0.39, 0.29) is 5.70 Å². The lowest BCUT2D eigenvalue weighted by Crippen LogP contribution is -1.95. The number of rotatable bonds is 4. The van der Waals surface area contributed by atoms with Crippen LogP contribution in [0, 0.1) is 10.1 Å². The minimum absolute atomic E-state index is 0.0420. The highest BCUT2D eigenvalue weighted by molar-refractivity contribution is 9.10. The van der Waals surface area contributed by atoms with Crippen LogP contribution in [-0.2, 0) is 0 Å². The van der Waals surface area contributed by atoms with E-state index in [4.69, 9.17) is 9.47 Å². The van der Waals surface area contributed by atoms with Gasteiger partial charge in [-0.3, -0.25) is 10.1 Å². The Morgan fingerprint density at radius 1 is 1.35 bits per heavy atom. The second kappa shape index (κ2) is 5.67. The predicted octanol–water partition coefficient (Wildman–Crippen LogP) is 3.10. The van der Waals surface area contributed by atoms with Crippen molar-refractivity contribution < 1.29 is 14.4 Å². The van der Waals surface area contributed by atoms with E-state index in [1.54, 1.807) is 12.1 Å². The predicted molar refractivity (Wildman–Crippen MR) is 67.9 cm³/mol. The van der Waals surface area contributed by atoms with Crippen LogP contribution >= 0.6 is 15.9 Å². The minimum Gasteiger partial charge on any atom is -0.496 e. The molecule has 1 rings (SSSR count). The number of nitro groups is 1. The Labute approximate surface area is 107 Å². The number of benzene rings is 1. The Balaban J connectivity index is 3.29. The maximum Gasteiger partial charge on any atom is 0.243 e. The van der Waals surface area contributed by atoms with Crippen molar-refractivity contribution in [2.45, 2.75) is 6.92 Å². The molecule has 0 atom stereocenters. The zero-order valence-electron chi connectivity index (χ0n) is 9.69. The van der Waals surface area contributed by atoms with Gasteiger partial charge < -0.3 is 9.47 Å². The van der Waals surface area contributed by atoms with Crippen molar-refractivity contribution in [3.8, 4) is 11.5 Å². The lowest BCUT2D eigenvalue weighted by Gasteiger charge is -2.09. The van der Waals surface area contributed by atoms with Gasteiger partial charge in [-0.2, -0.15) is 0 Å². The molecule has 0 aliphatic carbocycles. The molecule has 0 amide bonds. The first-order valence-electron chi connectivity index (χ1n) is 4.73.